The van der Waals surface area contributed by atoms with Crippen LogP contribution < -0.4 is 10.1 Å². The first kappa shape index (κ1) is 17.5. The number of aromatic amines is 1. The number of carbonyl (C=O) groups is 1. The van der Waals surface area contributed by atoms with E-state index in [4.69, 9.17) is 9.15 Å². The molecule has 0 spiro atoms. The topological polar surface area (TPSA) is 93.0 Å². The van der Waals surface area contributed by atoms with Crippen LogP contribution in [0.4, 0.5) is 0 Å². The van der Waals surface area contributed by atoms with E-state index in [1.165, 1.54) is 0 Å². The molecule has 0 aliphatic heterocycles. The van der Waals surface area contributed by atoms with Crippen molar-refractivity contribution < 1.29 is 13.9 Å². The predicted molar refractivity (Wildman–Crippen MR) is 102 cm³/mol. The molecule has 0 aliphatic carbocycles. The van der Waals surface area contributed by atoms with Crippen molar-refractivity contribution in [2.45, 2.75) is 13.2 Å². The monoisotopic (exact) mass is 374 g/mol. The molecule has 0 aliphatic rings. The van der Waals surface area contributed by atoms with Gasteiger partial charge in [-0.05, 0) is 23.8 Å². The number of rotatable bonds is 7. The van der Waals surface area contributed by atoms with Gasteiger partial charge in [-0.1, -0.05) is 36.4 Å². The maximum atomic E-state index is 12.4. The lowest BCUT2D eigenvalue weighted by molar-refractivity contribution is 0.0945. The summed E-state index contributed by atoms with van der Waals surface area (Å²) in [7, 11) is 0. The molecule has 1 amide bonds. The smallest absolute Gasteiger partial charge is 0.272 e. The minimum Gasteiger partial charge on any atom is -0.473 e. The zero-order chi connectivity index (χ0) is 19.2. The number of aromatic nitrogens is 3. The average molecular weight is 374 g/mol. The first-order valence-corrected chi connectivity index (χ1v) is 8.78. The standard InChI is InChI=1S/C21H18N4O3/c26-20(18-12-17(24-25-18)19-9-5-11-27-19)23-13-16-8-4-10-22-21(16)28-14-15-6-2-1-3-7-15/h1-12H,13-14H2,(H,23,26)(H,24,25). The molecule has 0 unspecified atom stereocenters. The number of furan rings is 1. The highest BCUT2D eigenvalue weighted by molar-refractivity contribution is 5.93. The molecule has 0 saturated heterocycles. The highest BCUT2D eigenvalue weighted by atomic mass is 16.5. The summed E-state index contributed by atoms with van der Waals surface area (Å²) in [6.07, 6.45) is 3.23. The Kier molecular flexibility index (Phi) is 5.15. The van der Waals surface area contributed by atoms with Crippen molar-refractivity contribution in [2.24, 2.45) is 0 Å². The molecule has 140 valence electrons. The van der Waals surface area contributed by atoms with Gasteiger partial charge < -0.3 is 14.5 Å². The van der Waals surface area contributed by atoms with E-state index in [1.807, 2.05) is 36.4 Å². The molecule has 0 radical (unpaired) electrons. The molecule has 3 heterocycles. The first-order valence-electron chi connectivity index (χ1n) is 8.78. The van der Waals surface area contributed by atoms with Gasteiger partial charge in [-0.3, -0.25) is 9.89 Å². The number of amides is 1. The minimum absolute atomic E-state index is 0.278. The molecule has 0 atom stereocenters. The fourth-order valence-electron chi connectivity index (χ4n) is 2.68. The molecule has 28 heavy (non-hydrogen) atoms. The van der Waals surface area contributed by atoms with Crippen LogP contribution in [0.3, 0.4) is 0 Å². The van der Waals surface area contributed by atoms with E-state index in [0.29, 0.717) is 23.9 Å². The number of nitrogens with one attached hydrogen (secondary N) is 2. The Morgan fingerprint density at radius 3 is 2.82 bits per heavy atom. The number of hydrogen-bond donors (Lipinski definition) is 2. The van der Waals surface area contributed by atoms with Crippen LogP contribution in [-0.2, 0) is 13.2 Å². The molecule has 0 bridgehead atoms. The van der Waals surface area contributed by atoms with Crippen molar-refractivity contribution in [2.75, 3.05) is 0 Å². The summed E-state index contributed by atoms with van der Waals surface area (Å²) in [6.45, 7) is 0.685. The van der Waals surface area contributed by atoms with Crippen molar-refractivity contribution in [3.63, 3.8) is 0 Å². The Labute approximate surface area is 161 Å². The van der Waals surface area contributed by atoms with Gasteiger partial charge in [0.15, 0.2) is 11.5 Å². The predicted octanol–water partition coefficient (Wildman–Crippen LogP) is 3.57. The summed E-state index contributed by atoms with van der Waals surface area (Å²) in [5, 5.41) is 9.67. The van der Waals surface area contributed by atoms with Gasteiger partial charge in [0.1, 0.15) is 12.3 Å². The van der Waals surface area contributed by atoms with Crippen molar-refractivity contribution in [3.8, 4) is 17.3 Å². The number of pyridine rings is 1. The Balaban J connectivity index is 1.39. The summed E-state index contributed by atoms with van der Waals surface area (Å²) in [4.78, 5) is 16.7. The van der Waals surface area contributed by atoms with Crippen LogP contribution in [0.5, 0.6) is 5.88 Å². The van der Waals surface area contributed by atoms with Gasteiger partial charge in [0.05, 0.1) is 6.26 Å². The number of hydrogen-bond acceptors (Lipinski definition) is 5. The second kappa shape index (κ2) is 8.22. The van der Waals surface area contributed by atoms with Crippen LogP contribution in [0, 0.1) is 0 Å². The maximum absolute atomic E-state index is 12.4. The molecule has 4 rings (SSSR count). The van der Waals surface area contributed by atoms with Crippen molar-refractivity contribution in [3.05, 3.63) is 89.9 Å². The van der Waals surface area contributed by atoms with Crippen molar-refractivity contribution in [1.82, 2.24) is 20.5 Å². The molecule has 4 aromatic rings. The fraction of sp³-hybridized carbons (Fsp3) is 0.0952. The lowest BCUT2D eigenvalue weighted by atomic mass is 10.2. The van der Waals surface area contributed by atoms with E-state index in [2.05, 4.69) is 20.5 Å². The van der Waals surface area contributed by atoms with Gasteiger partial charge in [-0.25, -0.2) is 4.98 Å². The summed E-state index contributed by atoms with van der Waals surface area (Å²) in [6, 6.07) is 18.7. The first-order chi connectivity index (χ1) is 13.8. The van der Waals surface area contributed by atoms with E-state index in [1.54, 1.807) is 36.7 Å². The normalized spacial score (nSPS) is 10.6. The third-order valence-corrected chi connectivity index (χ3v) is 4.10. The molecular weight excluding hydrogens is 356 g/mol. The number of carbonyl (C=O) groups excluding carboxylic acids is 1. The van der Waals surface area contributed by atoms with E-state index in [0.717, 1.165) is 11.1 Å². The SMILES string of the molecule is O=C(NCc1cccnc1OCc1ccccc1)c1cc(-c2ccco2)[nH]n1. The number of benzene rings is 1. The maximum Gasteiger partial charge on any atom is 0.272 e. The molecular formula is C21H18N4O3. The third kappa shape index (κ3) is 4.09. The van der Waals surface area contributed by atoms with E-state index >= 15 is 0 Å². The lowest BCUT2D eigenvalue weighted by Gasteiger charge is -2.10. The van der Waals surface area contributed by atoms with Gasteiger partial charge in [-0.15, -0.1) is 0 Å². The second-order valence-electron chi connectivity index (χ2n) is 6.07. The average Bonchev–Trinajstić information content (AvgIpc) is 3.43. The van der Waals surface area contributed by atoms with Crippen LogP contribution >= 0.6 is 0 Å². The second-order valence-corrected chi connectivity index (χ2v) is 6.07. The number of H-pyrrole nitrogens is 1. The lowest BCUT2D eigenvalue weighted by Crippen LogP contribution is -2.23. The van der Waals surface area contributed by atoms with Gasteiger partial charge in [0, 0.05) is 24.4 Å². The zero-order valence-electron chi connectivity index (χ0n) is 15.0. The largest absolute Gasteiger partial charge is 0.473 e. The van der Waals surface area contributed by atoms with Gasteiger partial charge in [0.2, 0.25) is 5.88 Å². The minimum atomic E-state index is -0.299. The van der Waals surface area contributed by atoms with Crippen molar-refractivity contribution >= 4 is 5.91 Å². The van der Waals surface area contributed by atoms with Crippen LogP contribution in [0.1, 0.15) is 21.6 Å². The molecule has 7 heteroatoms. The Morgan fingerprint density at radius 1 is 1.11 bits per heavy atom. The van der Waals surface area contributed by atoms with E-state index in [9.17, 15) is 4.79 Å². The summed E-state index contributed by atoms with van der Waals surface area (Å²) in [5.74, 6) is 0.812. The van der Waals surface area contributed by atoms with E-state index < -0.39 is 0 Å². The molecule has 3 aromatic heterocycles. The Morgan fingerprint density at radius 2 is 2.00 bits per heavy atom. The molecule has 0 saturated carbocycles. The van der Waals surface area contributed by atoms with Gasteiger partial charge >= 0.3 is 0 Å². The van der Waals surface area contributed by atoms with Crippen LogP contribution in [0.25, 0.3) is 11.5 Å². The van der Waals surface area contributed by atoms with Crippen molar-refractivity contribution in [1.29, 1.82) is 0 Å². The summed E-state index contributed by atoms with van der Waals surface area (Å²) in [5.41, 5.74) is 2.75. The fourth-order valence-corrected chi connectivity index (χ4v) is 2.68. The van der Waals surface area contributed by atoms with E-state index in [-0.39, 0.29) is 18.1 Å². The number of nitrogens with zero attached hydrogens (tertiary/aromatic N) is 2. The summed E-state index contributed by atoms with van der Waals surface area (Å²) < 4.78 is 11.1. The van der Waals surface area contributed by atoms with Gasteiger partial charge in [-0.2, -0.15) is 5.10 Å². The molecule has 0 fully saturated rings. The number of ether oxygens (including phenoxy) is 1. The molecule has 1 aromatic carbocycles. The van der Waals surface area contributed by atoms with Crippen LogP contribution in [0.15, 0.2) is 77.5 Å². The highest BCUT2D eigenvalue weighted by Gasteiger charge is 2.14. The Bertz CT molecular complexity index is 1040. The van der Waals surface area contributed by atoms with Crippen LogP contribution in [0.2, 0.25) is 0 Å². The third-order valence-electron chi connectivity index (χ3n) is 4.10. The quantitative estimate of drug-likeness (QED) is 0.516. The zero-order valence-corrected chi connectivity index (χ0v) is 15.0. The van der Waals surface area contributed by atoms with Crippen LogP contribution in [-0.4, -0.2) is 21.1 Å². The molecule has 7 nitrogen and oxygen atoms in total. The highest BCUT2D eigenvalue weighted by Crippen LogP contribution is 2.19. The Hall–Kier alpha value is -3.87. The summed E-state index contributed by atoms with van der Waals surface area (Å²) >= 11 is 0. The van der Waals surface area contributed by atoms with Gasteiger partial charge in [0.25, 0.3) is 5.91 Å². The molecule has 2 N–H and O–H groups in total.